The van der Waals surface area contributed by atoms with Gasteiger partial charge in [-0.2, -0.15) is 0 Å². The van der Waals surface area contributed by atoms with Crippen molar-refractivity contribution in [2.45, 2.75) is 12.5 Å². The van der Waals surface area contributed by atoms with Gasteiger partial charge in [-0.25, -0.2) is 0 Å². The largest absolute Gasteiger partial charge is 0.382 e. The third-order valence-corrected chi connectivity index (χ3v) is 4.29. The fourth-order valence-electron chi connectivity index (χ4n) is 2.76. The lowest BCUT2D eigenvalue weighted by molar-refractivity contribution is -0.125. The second-order valence-electron chi connectivity index (χ2n) is 5.71. The van der Waals surface area contributed by atoms with Gasteiger partial charge in [0.1, 0.15) is 0 Å². The van der Waals surface area contributed by atoms with Crippen LogP contribution in [-0.4, -0.2) is 22.7 Å². The molecule has 25 heavy (non-hydrogen) atoms. The average Bonchev–Trinajstić information content (AvgIpc) is 3.13. The highest BCUT2D eigenvalue weighted by atomic mass is 35.5. The molecule has 1 aliphatic rings. The Morgan fingerprint density at radius 3 is 2.80 bits per heavy atom. The molecular formula is C19H14ClN3O2. The first-order valence-electron chi connectivity index (χ1n) is 7.84. The van der Waals surface area contributed by atoms with Gasteiger partial charge in [0.15, 0.2) is 0 Å². The monoisotopic (exact) mass is 351 g/mol. The molecule has 124 valence electrons. The molecule has 2 heterocycles. The summed E-state index contributed by atoms with van der Waals surface area (Å²) in [5, 5.41) is 8.49. The zero-order chi connectivity index (χ0) is 17.2. The van der Waals surface area contributed by atoms with E-state index in [4.69, 9.17) is 16.4 Å². The van der Waals surface area contributed by atoms with E-state index in [1.165, 1.54) is 0 Å². The minimum absolute atomic E-state index is 0.232. The van der Waals surface area contributed by atoms with E-state index in [9.17, 15) is 4.79 Å². The molecule has 0 saturated carbocycles. The summed E-state index contributed by atoms with van der Waals surface area (Å²) in [7, 11) is 0. The van der Waals surface area contributed by atoms with Crippen LogP contribution >= 0.6 is 11.6 Å². The minimum Gasteiger partial charge on any atom is -0.382 e. The Morgan fingerprint density at radius 2 is 1.96 bits per heavy atom. The number of hydrogen-bond acceptors (Lipinski definition) is 4. The van der Waals surface area contributed by atoms with Gasteiger partial charge in [-0.3, -0.25) is 9.78 Å². The van der Waals surface area contributed by atoms with Gasteiger partial charge in [-0.15, -0.1) is 0 Å². The van der Waals surface area contributed by atoms with Gasteiger partial charge in [0.2, 0.25) is 6.10 Å². The van der Waals surface area contributed by atoms with Crippen molar-refractivity contribution in [1.82, 2.24) is 4.98 Å². The Hall–Kier alpha value is -2.92. The number of oxime groups is 1. The molecule has 6 heteroatoms. The molecule has 1 atom stereocenters. The number of nitrogens with one attached hydrogen (secondary N) is 1. The van der Waals surface area contributed by atoms with Crippen molar-refractivity contribution in [1.29, 1.82) is 0 Å². The van der Waals surface area contributed by atoms with Gasteiger partial charge in [0, 0.05) is 23.0 Å². The van der Waals surface area contributed by atoms with Crippen molar-refractivity contribution in [3.63, 3.8) is 0 Å². The fourth-order valence-corrected chi connectivity index (χ4v) is 2.88. The Labute approximate surface area is 149 Å². The third-order valence-electron chi connectivity index (χ3n) is 4.04. The number of carbonyl (C=O) groups excluding carboxylic acids is 1. The van der Waals surface area contributed by atoms with Gasteiger partial charge in [0.05, 0.1) is 16.9 Å². The van der Waals surface area contributed by atoms with E-state index < -0.39 is 6.10 Å². The molecule has 0 fully saturated rings. The lowest BCUT2D eigenvalue weighted by Crippen LogP contribution is -2.28. The molecule has 4 rings (SSSR count). The highest BCUT2D eigenvalue weighted by Gasteiger charge is 2.29. The molecule has 3 aromatic rings. The van der Waals surface area contributed by atoms with Crippen LogP contribution in [-0.2, 0) is 9.63 Å². The van der Waals surface area contributed by atoms with E-state index in [1.54, 1.807) is 18.3 Å². The number of hydrogen-bond donors (Lipinski definition) is 1. The normalized spacial score (nSPS) is 16.4. The van der Waals surface area contributed by atoms with E-state index in [1.807, 2.05) is 42.5 Å². The van der Waals surface area contributed by atoms with Gasteiger partial charge in [-0.1, -0.05) is 35.0 Å². The first-order chi connectivity index (χ1) is 12.2. The SMILES string of the molecule is O=C(Nc1cccc2ncccc12)[C@@H]1CC(c2ccc(Cl)cc2)=NO1. The summed E-state index contributed by atoms with van der Waals surface area (Å²) in [5.74, 6) is -0.232. The number of anilines is 1. The highest BCUT2D eigenvalue weighted by Crippen LogP contribution is 2.24. The molecule has 0 radical (unpaired) electrons. The molecule has 1 aliphatic heterocycles. The summed E-state index contributed by atoms with van der Waals surface area (Å²) in [4.78, 5) is 22.2. The van der Waals surface area contributed by atoms with Crippen LogP contribution in [0.3, 0.4) is 0 Å². The van der Waals surface area contributed by atoms with Crippen LogP contribution in [0.4, 0.5) is 5.69 Å². The van der Waals surface area contributed by atoms with Gasteiger partial charge >= 0.3 is 0 Å². The Balaban J connectivity index is 1.48. The van der Waals surface area contributed by atoms with E-state index in [-0.39, 0.29) is 5.91 Å². The number of pyridine rings is 1. The van der Waals surface area contributed by atoms with Crippen molar-refractivity contribution >= 4 is 39.8 Å². The predicted molar refractivity (Wildman–Crippen MR) is 97.9 cm³/mol. The van der Waals surface area contributed by atoms with Gasteiger partial charge in [-0.05, 0) is 42.0 Å². The lowest BCUT2D eigenvalue weighted by Gasteiger charge is -2.11. The molecule has 0 spiro atoms. The molecule has 1 aromatic heterocycles. The number of rotatable bonds is 3. The first-order valence-corrected chi connectivity index (χ1v) is 8.22. The predicted octanol–water partition coefficient (Wildman–Crippen LogP) is 4.02. The zero-order valence-corrected chi connectivity index (χ0v) is 13.9. The van der Waals surface area contributed by atoms with E-state index >= 15 is 0 Å². The maximum absolute atomic E-state index is 12.5. The Kier molecular flexibility index (Phi) is 4.07. The number of benzene rings is 2. The molecular weight excluding hydrogens is 338 g/mol. The number of amides is 1. The second kappa shape index (κ2) is 6.53. The van der Waals surface area contributed by atoms with Crippen LogP contribution in [0.5, 0.6) is 0 Å². The number of carbonyl (C=O) groups is 1. The zero-order valence-electron chi connectivity index (χ0n) is 13.1. The maximum atomic E-state index is 12.5. The molecule has 0 unspecified atom stereocenters. The van der Waals surface area contributed by atoms with Crippen LogP contribution < -0.4 is 5.32 Å². The van der Waals surface area contributed by atoms with Crippen molar-refractivity contribution in [2.24, 2.45) is 5.16 Å². The molecule has 0 aliphatic carbocycles. The number of halogens is 1. The Bertz CT molecular complexity index is 965. The minimum atomic E-state index is -0.655. The van der Waals surface area contributed by atoms with E-state index in [2.05, 4.69) is 15.5 Å². The fraction of sp³-hybridized carbons (Fsp3) is 0.105. The quantitative estimate of drug-likeness (QED) is 0.775. The first kappa shape index (κ1) is 15.6. The topological polar surface area (TPSA) is 63.6 Å². The third kappa shape index (κ3) is 3.19. The van der Waals surface area contributed by atoms with Crippen LogP contribution in [0.25, 0.3) is 10.9 Å². The van der Waals surface area contributed by atoms with Crippen molar-refractivity contribution in [3.05, 3.63) is 71.4 Å². The summed E-state index contributed by atoms with van der Waals surface area (Å²) in [6.45, 7) is 0. The van der Waals surface area contributed by atoms with Crippen LogP contribution in [0.1, 0.15) is 12.0 Å². The van der Waals surface area contributed by atoms with Gasteiger partial charge < -0.3 is 10.2 Å². The van der Waals surface area contributed by atoms with Crippen LogP contribution in [0.2, 0.25) is 5.02 Å². The summed E-state index contributed by atoms with van der Waals surface area (Å²) >= 11 is 5.90. The Morgan fingerprint density at radius 1 is 1.12 bits per heavy atom. The number of nitrogens with zero attached hydrogens (tertiary/aromatic N) is 2. The van der Waals surface area contributed by atoms with Crippen molar-refractivity contribution in [3.8, 4) is 0 Å². The number of aromatic nitrogens is 1. The molecule has 5 nitrogen and oxygen atoms in total. The summed E-state index contributed by atoms with van der Waals surface area (Å²) < 4.78 is 0. The molecule has 1 amide bonds. The lowest BCUT2D eigenvalue weighted by atomic mass is 10.0. The van der Waals surface area contributed by atoms with Crippen molar-refractivity contribution < 1.29 is 9.63 Å². The summed E-state index contributed by atoms with van der Waals surface area (Å²) in [6, 6.07) is 16.7. The van der Waals surface area contributed by atoms with Gasteiger partial charge in [0.25, 0.3) is 5.91 Å². The average molecular weight is 352 g/mol. The summed E-state index contributed by atoms with van der Waals surface area (Å²) in [5.41, 5.74) is 3.16. The van der Waals surface area contributed by atoms with E-state index in [0.29, 0.717) is 17.1 Å². The second-order valence-corrected chi connectivity index (χ2v) is 6.14. The molecule has 1 N–H and O–H groups in total. The molecule has 0 bridgehead atoms. The van der Waals surface area contributed by atoms with Crippen molar-refractivity contribution in [2.75, 3.05) is 5.32 Å². The molecule has 2 aromatic carbocycles. The van der Waals surface area contributed by atoms with Crippen LogP contribution in [0.15, 0.2) is 65.9 Å². The maximum Gasteiger partial charge on any atom is 0.268 e. The van der Waals surface area contributed by atoms with E-state index in [0.717, 1.165) is 22.2 Å². The van der Waals surface area contributed by atoms with Crippen LogP contribution in [0, 0.1) is 0 Å². The number of fused-ring (bicyclic) bond motifs is 1. The smallest absolute Gasteiger partial charge is 0.268 e. The summed E-state index contributed by atoms with van der Waals surface area (Å²) in [6.07, 6.45) is 1.48. The standard InChI is InChI=1S/C19H14ClN3O2/c20-13-8-6-12(7-9-13)17-11-18(25-23-17)19(24)22-16-5-1-4-15-14(16)3-2-10-21-15/h1-10,18H,11H2,(H,22,24)/t18-/m0/s1. The molecule has 0 saturated heterocycles. The highest BCUT2D eigenvalue weighted by molar-refractivity contribution is 6.30.